The lowest BCUT2D eigenvalue weighted by atomic mass is 9.98. The van der Waals surface area contributed by atoms with Gasteiger partial charge in [-0.2, -0.15) is 0 Å². The standard InChI is InChI=1S/C13H24N4O3/c1-13(18)4-3-7-17(8-5-13)12-16-15-11(20-12)10-14-6-9-19-2/h14,18H,3-10H2,1-2H3. The number of aliphatic hydroxyl groups is 1. The number of methoxy groups -OCH3 is 1. The largest absolute Gasteiger partial charge is 0.407 e. The average molecular weight is 284 g/mol. The second-order valence-corrected chi connectivity index (χ2v) is 5.49. The van der Waals surface area contributed by atoms with Crippen LogP contribution in [0.4, 0.5) is 6.01 Å². The van der Waals surface area contributed by atoms with E-state index in [9.17, 15) is 5.11 Å². The Labute approximate surface area is 119 Å². The van der Waals surface area contributed by atoms with Crippen LogP contribution in [0.2, 0.25) is 0 Å². The van der Waals surface area contributed by atoms with E-state index in [0.717, 1.165) is 38.9 Å². The SMILES string of the molecule is COCCNCc1nnc(N2CCCC(C)(O)CC2)o1. The first-order valence-corrected chi connectivity index (χ1v) is 7.10. The van der Waals surface area contributed by atoms with Gasteiger partial charge in [0.15, 0.2) is 0 Å². The van der Waals surface area contributed by atoms with Crippen molar-refractivity contribution in [3.63, 3.8) is 0 Å². The summed E-state index contributed by atoms with van der Waals surface area (Å²) in [6.07, 6.45) is 2.46. The van der Waals surface area contributed by atoms with Gasteiger partial charge in [0.2, 0.25) is 5.89 Å². The monoisotopic (exact) mass is 284 g/mol. The number of nitrogens with one attached hydrogen (secondary N) is 1. The molecule has 2 rings (SSSR count). The van der Waals surface area contributed by atoms with Gasteiger partial charge in [0.05, 0.1) is 18.8 Å². The normalized spacial score (nSPS) is 23.9. The van der Waals surface area contributed by atoms with Gasteiger partial charge in [-0.15, -0.1) is 5.10 Å². The molecule has 1 unspecified atom stereocenters. The molecular weight excluding hydrogens is 260 g/mol. The molecule has 0 saturated carbocycles. The van der Waals surface area contributed by atoms with E-state index in [1.165, 1.54) is 0 Å². The van der Waals surface area contributed by atoms with Crippen molar-refractivity contribution in [2.75, 3.05) is 38.3 Å². The van der Waals surface area contributed by atoms with Gasteiger partial charge in [-0.3, -0.25) is 0 Å². The summed E-state index contributed by atoms with van der Waals surface area (Å²) in [6, 6.07) is 0.547. The van der Waals surface area contributed by atoms with Crippen LogP contribution in [0.15, 0.2) is 4.42 Å². The number of rotatable bonds is 6. The van der Waals surface area contributed by atoms with E-state index < -0.39 is 5.60 Å². The highest BCUT2D eigenvalue weighted by Crippen LogP contribution is 2.24. The Balaban J connectivity index is 1.85. The van der Waals surface area contributed by atoms with E-state index in [-0.39, 0.29) is 0 Å². The Morgan fingerprint density at radius 2 is 2.25 bits per heavy atom. The maximum atomic E-state index is 10.1. The third-order valence-corrected chi connectivity index (χ3v) is 3.55. The van der Waals surface area contributed by atoms with Gasteiger partial charge in [0.25, 0.3) is 0 Å². The summed E-state index contributed by atoms with van der Waals surface area (Å²) < 4.78 is 10.6. The Morgan fingerprint density at radius 3 is 3.05 bits per heavy atom. The van der Waals surface area contributed by atoms with Crippen LogP contribution in [-0.2, 0) is 11.3 Å². The first-order valence-electron chi connectivity index (χ1n) is 7.10. The van der Waals surface area contributed by atoms with E-state index in [1.54, 1.807) is 7.11 Å². The number of ether oxygens (including phenoxy) is 1. The lowest BCUT2D eigenvalue weighted by Crippen LogP contribution is -2.28. The zero-order valence-electron chi connectivity index (χ0n) is 12.3. The van der Waals surface area contributed by atoms with Crippen LogP contribution >= 0.6 is 0 Å². The van der Waals surface area contributed by atoms with Gasteiger partial charge < -0.3 is 24.5 Å². The highest BCUT2D eigenvalue weighted by Gasteiger charge is 2.26. The van der Waals surface area contributed by atoms with Crippen molar-refractivity contribution >= 4 is 6.01 Å². The second kappa shape index (κ2) is 7.01. The molecular formula is C13H24N4O3. The lowest BCUT2D eigenvalue weighted by Gasteiger charge is -2.21. The van der Waals surface area contributed by atoms with Crippen LogP contribution in [0.5, 0.6) is 0 Å². The molecule has 0 amide bonds. The van der Waals surface area contributed by atoms with Crippen LogP contribution in [-0.4, -0.2) is 54.3 Å². The predicted molar refractivity (Wildman–Crippen MR) is 74.6 cm³/mol. The molecule has 1 atom stereocenters. The van der Waals surface area contributed by atoms with E-state index in [0.29, 0.717) is 25.1 Å². The van der Waals surface area contributed by atoms with Crippen molar-refractivity contribution in [2.45, 2.75) is 38.3 Å². The molecule has 1 fully saturated rings. The molecule has 114 valence electrons. The summed E-state index contributed by atoms with van der Waals surface area (Å²) in [5, 5.41) is 21.4. The minimum absolute atomic E-state index is 0.544. The fourth-order valence-corrected chi connectivity index (χ4v) is 2.27. The van der Waals surface area contributed by atoms with Crippen molar-refractivity contribution in [2.24, 2.45) is 0 Å². The third kappa shape index (κ3) is 4.43. The minimum Gasteiger partial charge on any atom is -0.407 e. The van der Waals surface area contributed by atoms with Gasteiger partial charge in [0, 0.05) is 26.7 Å². The second-order valence-electron chi connectivity index (χ2n) is 5.49. The van der Waals surface area contributed by atoms with Crippen molar-refractivity contribution < 1.29 is 14.3 Å². The first-order chi connectivity index (χ1) is 9.61. The molecule has 0 spiro atoms. The molecule has 0 aromatic carbocycles. The number of hydrogen-bond donors (Lipinski definition) is 2. The topological polar surface area (TPSA) is 83.7 Å². The smallest absolute Gasteiger partial charge is 0.318 e. The summed E-state index contributed by atoms with van der Waals surface area (Å²) in [5.41, 5.74) is -0.584. The number of nitrogens with zero attached hydrogens (tertiary/aromatic N) is 3. The lowest BCUT2D eigenvalue weighted by molar-refractivity contribution is 0.0481. The maximum absolute atomic E-state index is 10.1. The molecule has 1 aliphatic rings. The van der Waals surface area contributed by atoms with E-state index in [1.807, 2.05) is 11.8 Å². The highest BCUT2D eigenvalue weighted by molar-refractivity contribution is 5.24. The molecule has 0 bridgehead atoms. The molecule has 7 nitrogen and oxygen atoms in total. The number of aromatic nitrogens is 2. The highest BCUT2D eigenvalue weighted by atomic mass is 16.5. The van der Waals surface area contributed by atoms with Gasteiger partial charge in [-0.05, 0) is 26.2 Å². The van der Waals surface area contributed by atoms with Crippen LogP contribution in [0.3, 0.4) is 0 Å². The zero-order valence-corrected chi connectivity index (χ0v) is 12.3. The average Bonchev–Trinajstić information content (AvgIpc) is 2.79. The quantitative estimate of drug-likeness (QED) is 0.738. The van der Waals surface area contributed by atoms with Crippen LogP contribution in [0.1, 0.15) is 32.1 Å². The van der Waals surface area contributed by atoms with Crippen LogP contribution < -0.4 is 10.2 Å². The molecule has 1 aliphatic heterocycles. The summed E-state index contributed by atoms with van der Waals surface area (Å²) in [5.74, 6) is 0.576. The number of hydrogen-bond acceptors (Lipinski definition) is 7. The summed E-state index contributed by atoms with van der Waals surface area (Å²) in [7, 11) is 1.67. The van der Waals surface area contributed by atoms with E-state index in [4.69, 9.17) is 9.15 Å². The summed E-state index contributed by atoms with van der Waals surface area (Å²) in [6.45, 7) is 5.42. The number of anilines is 1. The fraction of sp³-hybridized carbons (Fsp3) is 0.846. The molecule has 7 heteroatoms. The Kier molecular flexibility index (Phi) is 5.33. The van der Waals surface area contributed by atoms with Crippen molar-refractivity contribution in [3.05, 3.63) is 5.89 Å². The molecule has 0 aliphatic carbocycles. The Hall–Kier alpha value is -1.18. The van der Waals surface area contributed by atoms with Crippen molar-refractivity contribution in [3.8, 4) is 0 Å². The van der Waals surface area contributed by atoms with Gasteiger partial charge >= 0.3 is 6.01 Å². The third-order valence-electron chi connectivity index (χ3n) is 3.55. The molecule has 2 heterocycles. The summed E-state index contributed by atoms with van der Waals surface area (Å²) >= 11 is 0. The molecule has 2 N–H and O–H groups in total. The molecule has 20 heavy (non-hydrogen) atoms. The maximum Gasteiger partial charge on any atom is 0.318 e. The minimum atomic E-state index is -0.584. The predicted octanol–water partition coefficient (Wildman–Crippen LogP) is 0.547. The molecule has 0 radical (unpaired) electrons. The summed E-state index contributed by atoms with van der Waals surface area (Å²) in [4.78, 5) is 2.05. The fourth-order valence-electron chi connectivity index (χ4n) is 2.27. The van der Waals surface area contributed by atoms with Crippen LogP contribution in [0.25, 0.3) is 0 Å². The molecule has 1 aromatic rings. The first kappa shape index (κ1) is 15.2. The molecule has 1 aromatic heterocycles. The Morgan fingerprint density at radius 1 is 1.40 bits per heavy atom. The van der Waals surface area contributed by atoms with Gasteiger partial charge in [-0.1, -0.05) is 5.10 Å². The zero-order chi connectivity index (χ0) is 14.4. The van der Waals surface area contributed by atoms with Crippen molar-refractivity contribution in [1.82, 2.24) is 15.5 Å². The molecule has 1 saturated heterocycles. The van der Waals surface area contributed by atoms with Crippen LogP contribution in [0, 0.1) is 0 Å². The van der Waals surface area contributed by atoms with Crippen molar-refractivity contribution in [1.29, 1.82) is 0 Å². The van der Waals surface area contributed by atoms with Gasteiger partial charge in [-0.25, -0.2) is 0 Å². The van der Waals surface area contributed by atoms with E-state index in [2.05, 4.69) is 15.5 Å². The Bertz CT molecular complexity index is 408. The van der Waals surface area contributed by atoms with E-state index >= 15 is 0 Å². The van der Waals surface area contributed by atoms with Gasteiger partial charge in [0.1, 0.15) is 0 Å².